The second-order valence-corrected chi connectivity index (χ2v) is 4.79. The number of hydrogen-bond donors (Lipinski definition) is 1. The molecule has 0 radical (unpaired) electrons. The molecule has 0 aliphatic carbocycles. The van der Waals surface area contributed by atoms with Crippen LogP contribution in [0.15, 0.2) is 34.9 Å². The van der Waals surface area contributed by atoms with Crippen molar-refractivity contribution in [2.45, 2.75) is 26.3 Å². The molecule has 0 bridgehead atoms. The van der Waals surface area contributed by atoms with E-state index in [2.05, 4.69) is 18.3 Å². The Morgan fingerprint density at radius 2 is 2.11 bits per heavy atom. The van der Waals surface area contributed by atoms with Crippen LogP contribution in [0.1, 0.15) is 35.4 Å². The molecule has 96 valence electrons. The zero-order valence-corrected chi connectivity index (χ0v) is 11.7. The third kappa shape index (κ3) is 2.45. The van der Waals surface area contributed by atoms with Gasteiger partial charge in [0, 0.05) is 17.0 Å². The summed E-state index contributed by atoms with van der Waals surface area (Å²) in [5, 5.41) is 4.12. The SMILES string of the molecule is CCc1occc1C(NC)c1ccc(C)c(Cl)c1. The zero-order valence-electron chi connectivity index (χ0n) is 11.0. The lowest BCUT2D eigenvalue weighted by Gasteiger charge is -2.17. The minimum atomic E-state index is 0.122. The van der Waals surface area contributed by atoms with Crippen molar-refractivity contribution < 1.29 is 4.42 Å². The van der Waals surface area contributed by atoms with Crippen molar-refractivity contribution in [1.29, 1.82) is 0 Å². The first-order valence-corrected chi connectivity index (χ1v) is 6.54. The number of furan rings is 1. The highest BCUT2D eigenvalue weighted by Crippen LogP contribution is 2.28. The predicted molar refractivity (Wildman–Crippen MR) is 75.2 cm³/mol. The van der Waals surface area contributed by atoms with Crippen LogP contribution >= 0.6 is 11.6 Å². The summed E-state index contributed by atoms with van der Waals surface area (Å²) < 4.78 is 5.50. The number of aryl methyl sites for hydroxylation is 2. The Kier molecular flexibility index (Phi) is 4.10. The second kappa shape index (κ2) is 5.59. The molecule has 3 heteroatoms. The molecule has 2 aromatic rings. The fourth-order valence-electron chi connectivity index (χ4n) is 2.19. The summed E-state index contributed by atoms with van der Waals surface area (Å²) in [6.07, 6.45) is 2.63. The first-order valence-electron chi connectivity index (χ1n) is 6.17. The topological polar surface area (TPSA) is 25.2 Å². The molecule has 0 saturated carbocycles. The first kappa shape index (κ1) is 13.2. The summed E-state index contributed by atoms with van der Waals surface area (Å²) in [7, 11) is 1.95. The van der Waals surface area contributed by atoms with Gasteiger partial charge in [0.05, 0.1) is 12.3 Å². The Morgan fingerprint density at radius 1 is 1.33 bits per heavy atom. The summed E-state index contributed by atoms with van der Waals surface area (Å²) in [6.45, 7) is 4.10. The van der Waals surface area contributed by atoms with Crippen LogP contribution < -0.4 is 5.32 Å². The van der Waals surface area contributed by atoms with Crippen LogP contribution in [0.5, 0.6) is 0 Å². The maximum absolute atomic E-state index is 6.20. The lowest BCUT2D eigenvalue weighted by atomic mass is 9.97. The molecule has 1 N–H and O–H groups in total. The van der Waals surface area contributed by atoms with Gasteiger partial charge in [-0.1, -0.05) is 30.7 Å². The van der Waals surface area contributed by atoms with E-state index < -0.39 is 0 Å². The third-order valence-electron chi connectivity index (χ3n) is 3.23. The lowest BCUT2D eigenvalue weighted by Crippen LogP contribution is -2.18. The van der Waals surface area contributed by atoms with E-state index in [0.29, 0.717) is 0 Å². The maximum Gasteiger partial charge on any atom is 0.108 e. The zero-order chi connectivity index (χ0) is 13.1. The molecular formula is C15H18ClNO. The van der Waals surface area contributed by atoms with Gasteiger partial charge in [0.1, 0.15) is 5.76 Å². The van der Waals surface area contributed by atoms with Crippen LogP contribution in [0.4, 0.5) is 0 Å². The van der Waals surface area contributed by atoms with Crippen molar-refractivity contribution in [2.24, 2.45) is 0 Å². The Balaban J connectivity index is 2.42. The highest BCUT2D eigenvalue weighted by atomic mass is 35.5. The van der Waals surface area contributed by atoms with Crippen LogP contribution in [0.2, 0.25) is 5.02 Å². The Labute approximate surface area is 113 Å². The highest BCUT2D eigenvalue weighted by molar-refractivity contribution is 6.31. The fourth-order valence-corrected chi connectivity index (χ4v) is 2.37. The van der Waals surface area contributed by atoms with Gasteiger partial charge < -0.3 is 9.73 Å². The van der Waals surface area contributed by atoms with Crippen LogP contribution in [0, 0.1) is 6.92 Å². The molecule has 1 atom stereocenters. The molecule has 1 unspecified atom stereocenters. The lowest BCUT2D eigenvalue weighted by molar-refractivity contribution is 0.505. The number of benzene rings is 1. The average Bonchev–Trinajstić information content (AvgIpc) is 2.83. The predicted octanol–water partition coefficient (Wildman–Crippen LogP) is 4.11. The molecule has 0 spiro atoms. The maximum atomic E-state index is 6.20. The normalized spacial score (nSPS) is 12.7. The molecular weight excluding hydrogens is 246 g/mol. The molecule has 0 amide bonds. The van der Waals surface area contributed by atoms with Gasteiger partial charge in [-0.2, -0.15) is 0 Å². The molecule has 0 fully saturated rings. The van der Waals surface area contributed by atoms with E-state index in [0.717, 1.165) is 28.3 Å². The van der Waals surface area contributed by atoms with E-state index in [1.807, 2.05) is 32.2 Å². The quantitative estimate of drug-likeness (QED) is 0.898. The summed E-state index contributed by atoms with van der Waals surface area (Å²) in [5.41, 5.74) is 3.43. The molecule has 2 nitrogen and oxygen atoms in total. The Morgan fingerprint density at radius 3 is 2.72 bits per heavy atom. The van der Waals surface area contributed by atoms with E-state index in [4.69, 9.17) is 16.0 Å². The third-order valence-corrected chi connectivity index (χ3v) is 3.64. The molecule has 0 aliphatic rings. The van der Waals surface area contributed by atoms with Crippen LogP contribution in [-0.4, -0.2) is 7.05 Å². The van der Waals surface area contributed by atoms with Gasteiger partial charge in [0.25, 0.3) is 0 Å². The second-order valence-electron chi connectivity index (χ2n) is 4.38. The Hall–Kier alpha value is -1.25. The van der Waals surface area contributed by atoms with Crippen molar-refractivity contribution in [3.05, 3.63) is 58.0 Å². The van der Waals surface area contributed by atoms with Gasteiger partial charge in [0.2, 0.25) is 0 Å². The minimum absolute atomic E-state index is 0.122. The largest absolute Gasteiger partial charge is 0.469 e. The summed E-state index contributed by atoms with van der Waals surface area (Å²) in [4.78, 5) is 0. The van der Waals surface area contributed by atoms with E-state index in [1.165, 1.54) is 5.56 Å². The van der Waals surface area contributed by atoms with Gasteiger partial charge in [-0.3, -0.25) is 0 Å². The van der Waals surface area contributed by atoms with Crippen molar-refractivity contribution in [2.75, 3.05) is 7.05 Å². The summed E-state index contributed by atoms with van der Waals surface area (Å²) >= 11 is 6.20. The van der Waals surface area contributed by atoms with E-state index in [-0.39, 0.29) is 6.04 Å². The van der Waals surface area contributed by atoms with Crippen LogP contribution in [0.3, 0.4) is 0 Å². The smallest absolute Gasteiger partial charge is 0.108 e. The molecule has 2 rings (SSSR count). The molecule has 0 saturated heterocycles. The van der Waals surface area contributed by atoms with E-state index in [1.54, 1.807) is 6.26 Å². The standard InChI is InChI=1S/C15H18ClNO/c1-4-14-12(7-8-18-14)15(17-3)11-6-5-10(2)13(16)9-11/h5-9,15,17H,4H2,1-3H3. The minimum Gasteiger partial charge on any atom is -0.469 e. The monoisotopic (exact) mass is 263 g/mol. The highest BCUT2D eigenvalue weighted by Gasteiger charge is 2.17. The molecule has 18 heavy (non-hydrogen) atoms. The first-order chi connectivity index (χ1) is 8.67. The van der Waals surface area contributed by atoms with E-state index >= 15 is 0 Å². The van der Waals surface area contributed by atoms with Crippen molar-refractivity contribution in [3.63, 3.8) is 0 Å². The molecule has 0 aliphatic heterocycles. The molecule has 1 aromatic carbocycles. The number of nitrogens with one attached hydrogen (secondary N) is 1. The number of rotatable bonds is 4. The molecule has 1 aromatic heterocycles. The van der Waals surface area contributed by atoms with Crippen molar-refractivity contribution in [1.82, 2.24) is 5.32 Å². The van der Waals surface area contributed by atoms with Crippen LogP contribution in [0.25, 0.3) is 0 Å². The number of halogens is 1. The van der Waals surface area contributed by atoms with Crippen molar-refractivity contribution >= 4 is 11.6 Å². The summed E-state index contributed by atoms with van der Waals surface area (Å²) in [6, 6.07) is 8.32. The van der Waals surface area contributed by atoms with Gasteiger partial charge in [-0.15, -0.1) is 0 Å². The van der Waals surface area contributed by atoms with Gasteiger partial charge in [-0.25, -0.2) is 0 Å². The van der Waals surface area contributed by atoms with Gasteiger partial charge in [0.15, 0.2) is 0 Å². The van der Waals surface area contributed by atoms with Crippen molar-refractivity contribution in [3.8, 4) is 0 Å². The van der Waals surface area contributed by atoms with Gasteiger partial charge >= 0.3 is 0 Å². The van der Waals surface area contributed by atoms with Gasteiger partial charge in [-0.05, 0) is 37.2 Å². The fraction of sp³-hybridized carbons (Fsp3) is 0.333. The average molecular weight is 264 g/mol. The van der Waals surface area contributed by atoms with Crippen LogP contribution in [-0.2, 0) is 6.42 Å². The number of hydrogen-bond acceptors (Lipinski definition) is 2. The summed E-state index contributed by atoms with van der Waals surface area (Å²) in [5.74, 6) is 1.02. The Bertz CT molecular complexity index is 533. The van der Waals surface area contributed by atoms with E-state index in [9.17, 15) is 0 Å². The molecule has 1 heterocycles.